The van der Waals surface area contributed by atoms with Gasteiger partial charge in [0, 0.05) is 31.8 Å². The number of nitrogens with zero attached hydrogens (tertiary/aromatic N) is 5. The Morgan fingerprint density at radius 3 is 2.59 bits per heavy atom. The fraction of sp³-hybridized carbons (Fsp3) is 0.294. The van der Waals surface area contributed by atoms with E-state index in [2.05, 4.69) is 9.97 Å². The van der Waals surface area contributed by atoms with Gasteiger partial charge in [-0.2, -0.15) is 0 Å². The number of non-ortho nitro benzene ring substituents is 1. The Balaban J connectivity index is 2.36. The number of thioether (sulfide) groups is 1. The second-order valence-corrected chi connectivity index (χ2v) is 7.00. The Morgan fingerprint density at radius 1 is 1.19 bits per heavy atom. The van der Waals surface area contributed by atoms with Crippen molar-refractivity contribution in [3.63, 3.8) is 0 Å². The highest BCUT2D eigenvalue weighted by Crippen LogP contribution is 2.27. The molecule has 0 radical (unpaired) electrons. The molecule has 0 N–H and O–H groups in total. The zero-order valence-electron chi connectivity index (χ0n) is 15.0. The van der Waals surface area contributed by atoms with E-state index in [-0.39, 0.29) is 22.5 Å². The predicted octanol–water partition coefficient (Wildman–Crippen LogP) is 2.10. The number of hydrogen-bond acceptors (Lipinski definition) is 7. The normalized spacial score (nSPS) is 11.1. The maximum Gasteiger partial charge on any atom is 0.332 e. The van der Waals surface area contributed by atoms with Crippen LogP contribution in [0, 0.1) is 10.1 Å². The molecule has 1 aromatic carbocycles. The van der Waals surface area contributed by atoms with E-state index < -0.39 is 16.2 Å². The first-order chi connectivity index (χ1) is 12.8. The van der Waals surface area contributed by atoms with E-state index in [1.165, 1.54) is 42.6 Å². The van der Waals surface area contributed by atoms with Gasteiger partial charge in [0.2, 0.25) is 0 Å². The number of nitro groups is 1. The summed E-state index contributed by atoms with van der Waals surface area (Å²) in [7, 11) is 2.94. The van der Waals surface area contributed by atoms with Crippen LogP contribution in [0.4, 0.5) is 5.69 Å². The van der Waals surface area contributed by atoms with Gasteiger partial charge in [-0.05, 0) is 12.2 Å². The topological polar surface area (TPSA) is 113 Å². The molecule has 3 aromatic rings. The molecule has 0 saturated heterocycles. The molecule has 0 bridgehead atoms. The van der Waals surface area contributed by atoms with E-state index >= 15 is 0 Å². The fourth-order valence-electron chi connectivity index (χ4n) is 2.62. The molecule has 27 heavy (non-hydrogen) atoms. The molecule has 0 unspecified atom stereocenters. The number of aryl methyl sites for hydroxylation is 1. The van der Waals surface area contributed by atoms with Gasteiger partial charge in [-0.1, -0.05) is 19.1 Å². The van der Waals surface area contributed by atoms with Crippen LogP contribution >= 0.6 is 11.8 Å². The first-order valence-corrected chi connectivity index (χ1v) is 9.19. The van der Waals surface area contributed by atoms with Crippen LogP contribution in [0.3, 0.4) is 0 Å². The summed E-state index contributed by atoms with van der Waals surface area (Å²) in [5, 5.41) is 11.8. The van der Waals surface area contributed by atoms with E-state index in [1.54, 1.807) is 12.1 Å². The molecule has 2 aromatic heterocycles. The lowest BCUT2D eigenvalue weighted by atomic mass is 10.2. The molecule has 0 aliphatic rings. The number of benzene rings is 1. The third-order valence-electron chi connectivity index (χ3n) is 4.02. The van der Waals surface area contributed by atoms with Crippen molar-refractivity contribution in [3.05, 3.63) is 55.2 Å². The van der Waals surface area contributed by atoms with Gasteiger partial charge in [-0.15, -0.1) is 11.8 Å². The molecule has 10 heteroatoms. The standard InChI is InChI=1S/C17H17N5O4S/c1-4-8-27-15-12-14(20(2)17(24)21(3)16(12)23)18-13(19-15)10-6-5-7-11(9-10)22(25)26/h5-7,9H,4,8H2,1-3H3. The second kappa shape index (κ2) is 7.31. The van der Waals surface area contributed by atoms with Crippen LogP contribution in [-0.2, 0) is 14.1 Å². The van der Waals surface area contributed by atoms with Crippen molar-refractivity contribution in [1.82, 2.24) is 19.1 Å². The zero-order valence-corrected chi connectivity index (χ0v) is 15.8. The molecule has 3 rings (SSSR count). The number of aromatic nitrogens is 4. The van der Waals surface area contributed by atoms with Crippen LogP contribution in [0.25, 0.3) is 22.4 Å². The Hall–Kier alpha value is -3.01. The molecule has 0 spiro atoms. The highest BCUT2D eigenvalue weighted by atomic mass is 32.2. The predicted molar refractivity (Wildman–Crippen MR) is 103 cm³/mol. The minimum absolute atomic E-state index is 0.0863. The largest absolute Gasteiger partial charge is 0.332 e. The SMILES string of the molecule is CCCSc1nc(-c2cccc([N+](=O)[O-])c2)nc2c1c(=O)n(C)c(=O)n2C. The van der Waals surface area contributed by atoms with Gasteiger partial charge in [0.25, 0.3) is 11.2 Å². The van der Waals surface area contributed by atoms with Crippen molar-refractivity contribution in [2.45, 2.75) is 18.4 Å². The van der Waals surface area contributed by atoms with Crippen LogP contribution in [-0.4, -0.2) is 29.8 Å². The Kier molecular flexibility index (Phi) is 5.08. The van der Waals surface area contributed by atoms with Crippen molar-refractivity contribution in [2.75, 3.05) is 5.75 Å². The van der Waals surface area contributed by atoms with E-state index in [9.17, 15) is 19.7 Å². The summed E-state index contributed by atoms with van der Waals surface area (Å²) in [6.45, 7) is 2.01. The smallest absolute Gasteiger partial charge is 0.280 e. The van der Waals surface area contributed by atoms with Crippen molar-refractivity contribution in [2.24, 2.45) is 14.1 Å². The van der Waals surface area contributed by atoms with Crippen molar-refractivity contribution in [3.8, 4) is 11.4 Å². The number of fused-ring (bicyclic) bond motifs is 1. The van der Waals surface area contributed by atoms with Gasteiger partial charge in [0.05, 0.1) is 4.92 Å². The maximum atomic E-state index is 12.6. The molecule has 0 fully saturated rings. The molecular weight excluding hydrogens is 370 g/mol. The second-order valence-electron chi connectivity index (χ2n) is 5.91. The molecule has 0 aliphatic heterocycles. The summed E-state index contributed by atoms with van der Waals surface area (Å²) >= 11 is 1.39. The summed E-state index contributed by atoms with van der Waals surface area (Å²) in [4.78, 5) is 44.4. The van der Waals surface area contributed by atoms with Crippen LogP contribution < -0.4 is 11.2 Å². The Labute approximate surface area is 157 Å². The molecule has 0 atom stereocenters. The van der Waals surface area contributed by atoms with Crippen LogP contribution in [0.5, 0.6) is 0 Å². The van der Waals surface area contributed by atoms with Crippen LogP contribution in [0.2, 0.25) is 0 Å². The van der Waals surface area contributed by atoms with Gasteiger partial charge in [0.1, 0.15) is 10.4 Å². The number of hydrogen-bond donors (Lipinski definition) is 0. The summed E-state index contributed by atoms with van der Waals surface area (Å²) in [6.07, 6.45) is 0.869. The third kappa shape index (κ3) is 3.35. The van der Waals surface area contributed by atoms with Gasteiger partial charge in [0.15, 0.2) is 11.5 Å². The summed E-state index contributed by atoms with van der Waals surface area (Å²) in [5.74, 6) is 0.958. The lowest BCUT2D eigenvalue weighted by Crippen LogP contribution is -2.37. The molecule has 0 saturated carbocycles. The number of rotatable bonds is 5. The zero-order chi connectivity index (χ0) is 19.7. The lowest BCUT2D eigenvalue weighted by Gasteiger charge is -2.11. The molecule has 2 heterocycles. The highest BCUT2D eigenvalue weighted by Gasteiger charge is 2.18. The third-order valence-corrected chi connectivity index (χ3v) is 5.21. The Bertz CT molecular complexity index is 1170. The van der Waals surface area contributed by atoms with Gasteiger partial charge in [-0.3, -0.25) is 24.0 Å². The Morgan fingerprint density at radius 2 is 1.93 bits per heavy atom. The average molecular weight is 387 g/mol. The first kappa shape index (κ1) is 18.8. The quantitative estimate of drug-likeness (QED) is 0.285. The molecule has 0 amide bonds. The van der Waals surface area contributed by atoms with Gasteiger partial charge in [-0.25, -0.2) is 14.8 Å². The van der Waals surface area contributed by atoms with Gasteiger partial charge < -0.3 is 0 Å². The van der Waals surface area contributed by atoms with Crippen molar-refractivity contribution >= 4 is 28.5 Å². The minimum Gasteiger partial charge on any atom is -0.280 e. The highest BCUT2D eigenvalue weighted by molar-refractivity contribution is 7.99. The first-order valence-electron chi connectivity index (χ1n) is 8.20. The molecule has 140 valence electrons. The monoisotopic (exact) mass is 387 g/mol. The lowest BCUT2D eigenvalue weighted by molar-refractivity contribution is -0.384. The average Bonchev–Trinajstić information content (AvgIpc) is 2.68. The van der Waals surface area contributed by atoms with Crippen molar-refractivity contribution in [1.29, 1.82) is 0 Å². The van der Waals surface area contributed by atoms with Crippen LogP contribution in [0.1, 0.15) is 13.3 Å². The summed E-state index contributed by atoms with van der Waals surface area (Å²) in [5.41, 5.74) is -0.396. The fourth-order valence-corrected chi connectivity index (χ4v) is 3.49. The summed E-state index contributed by atoms with van der Waals surface area (Å²) in [6, 6.07) is 5.95. The van der Waals surface area contributed by atoms with E-state index in [1.807, 2.05) is 6.92 Å². The maximum absolute atomic E-state index is 12.6. The van der Waals surface area contributed by atoms with E-state index in [0.717, 1.165) is 16.7 Å². The molecule has 9 nitrogen and oxygen atoms in total. The summed E-state index contributed by atoms with van der Waals surface area (Å²) < 4.78 is 2.31. The molecule has 0 aliphatic carbocycles. The van der Waals surface area contributed by atoms with E-state index in [4.69, 9.17) is 0 Å². The van der Waals surface area contributed by atoms with Gasteiger partial charge >= 0.3 is 5.69 Å². The number of nitro benzene ring substituents is 1. The van der Waals surface area contributed by atoms with Crippen LogP contribution in [0.15, 0.2) is 38.9 Å². The van der Waals surface area contributed by atoms with E-state index in [0.29, 0.717) is 10.6 Å². The van der Waals surface area contributed by atoms with Crippen molar-refractivity contribution < 1.29 is 4.92 Å². The molecular formula is C17H17N5O4S. The minimum atomic E-state index is -0.498.